The Bertz CT molecular complexity index is 113. The Hall–Kier alpha value is 0.250. The van der Waals surface area contributed by atoms with E-state index in [4.69, 9.17) is 5.73 Å². The lowest BCUT2D eigenvalue weighted by Crippen LogP contribution is -2.29. The summed E-state index contributed by atoms with van der Waals surface area (Å²) < 4.78 is 0. The van der Waals surface area contributed by atoms with E-state index in [9.17, 15) is 0 Å². The largest absolute Gasteiger partial charge is 0.330 e. The second-order valence-corrected chi connectivity index (χ2v) is 3.85. The van der Waals surface area contributed by atoms with Crippen LogP contribution in [0.25, 0.3) is 0 Å². The number of fused-ring (bicyclic) bond motifs is 1. The Balaban J connectivity index is 0.000000500. The van der Waals surface area contributed by atoms with Gasteiger partial charge in [0.2, 0.25) is 0 Å². The average Bonchev–Trinajstić information content (AvgIpc) is 2.22. The molecule has 2 bridgehead atoms. The van der Waals surface area contributed by atoms with Gasteiger partial charge in [-0.25, -0.2) is 0 Å². The van der Waals surface area contributed by atoms with Crippen molar-refractivity contribution in [3.8, 4) is 0 Å². The first-order chi connectivity index (χ1) is 4.35. The summed E-state index contributed by atoms with van der Waals surface area (Å²) in [7, 11) is 0. The Morgan fingerprint density at radius 3 is 2.50 bits per heavy atom. The van der Waals surface area contributed by atoms with Gasteiger partial charge < -0.3 is 5.73 Å². The lowest BCUT2D eigenvalue weighted by molar-refractivity contribution is 0.135. The zero-order chi connectivity index (χ0) is 6.32. The third-order valence-corrected chi connectivity index (χ3v) is 3.20. The van der Waals surface area contributed by atoms with Crippen molar-refractivity contribution in [1.82, 2.24) is 0 Å². The topological polar surface area (TPSA) is 26.0 Å². The summed E-state index contributed by atoms with van der Waals surface area (Å²) in [6.07, 6.45) is 7.28. The molecule has 0 aliphatic heterocycles. The lowest BCUT2D eigenvalue weighted by Gasteiger charge is -2.38. The van der Waals surface area contributed by atoms with Crippen LogP contribution in [0.5, 0.6) is 0 Å². The lowest BCUT2D eigenvalue weighted by atomic mass is 9.68. The molecule has 3 aliphatic carbocycles. The van der Waals surface area contributed by atoms with E-state index >= 15 is 0 Å². The normalized spacial score (nSPS) is 42.3. The summed E-state index contributed by atoms with van der Waals surface area (Å²) in [4.78, 5) is 0. The number of rotatable bonds is 2. The molecule has 0 heterocycles. The van der Waals surface area contributed by atoms with Crippen LogP contribution in [0.2, 0.25) is 0 Å². The fourth-order valence-electron chi connectivity index (χ4n) is 2.72. The quantitative estimate of drug-likeness (QED) is 0.659. The molecule has 2 N–H and O–H groups in total. The number of hydrogen-bond donors (Lipinski definition) is 1. The highest BCUT2D eigenvalue weighted by atomic mass is 35.5. The Labute approximate surface area is 68.8 Å². The van der Waals surface area contributed by atoms with Gasteiger partial charge in [-0.2, -0.15) is 0 Å². The van der Waals surface area contributed by atoms with Gasteiger partial charge in [-0.3, -0.25) is 0 Å². The maximum Gasteiger partial charge on any atom is -0.00720 e. The van der Waals surface area contributed by atoms with Gasteiger partial charge in [-0.05, 0) is 50.0 Å². The summed E-state index contributed by atoms with van der Waals surface area (Å²) in [5, 5.41) is 0. The molecule has 60 valence electrons. The van der Waals surface area contributed by atoms with E-state index in [0.717, 1.165) is 17.9 Å². The minimum absolute atomic E-state index is 0. The summed E-state index contributed by atoms with van der Waals surface area (Å²) in [6.45, 7) is 0.909. The maximum absolute atomic E-state index is 5.52. The highest BCUT2D eigenvalue weighted by Crippen LogP contribution is 2.60. The fourth-order valence-corrected chi connectivity index (χ4v) is 2.72. The van der Waals surface area contributed by atoms with Crippen molar-refractivity contribution < 1.29 is 0 Å². The predicted molar refractivity (Wildman–Crippen MR) is 45.3 cm³/mol. The molecule has 0 aromatic heterocycles. The molecule has 10 heavy (non-hydrogen) atoms. The zero-order valence-corrected chi connectivity index (χ0v) is 7.12. The Kier molecular flexibility index (Phi) is 2.26. The number of halogens is 1. The van der Waals surface area contributed by atoms with Gasteiger partial charge in [0.15, 0.2) is 0 Å². The molecule has 0 radical (unpaired) electrons. The van der Waals surface area contributed by atoms with Gasteiger partial charge in [0.1, 0.15) is 0 Å². The Morgan fingerprint density at radius 2 is 2.10 bits per heavy atom. The molecule has 0 atom stereocenters. The van der Waals surface area contributed by atoms with Crippen molar-refractivity contribution in [1.29, 1.82) is 0 Å². The van der Waals surface area contributed by atoms with Crippen LogP contribution in [0.15, 0.2) is 0 Å². The second-order valence-electron chi connectivity index (χ2n) is 3.85. The molecule has 0 amide bonds. The zero-order valence-electron chi connectivity index (χ0n) is 6.31. The van der Waals surface area contributed by atoms with E-state index in [0.29, 0.717) is 0 Å². The van der Waals surface area contributed by atoms with Gasteiger partial charge in [-0.15, -0.1) is 12.4 Å². The first kappa shape index (κ1) is 8.35. The van der Waals surface area contributed by atoms with Crippen LogP contribution in [0, 0.1) is 11.3 Å². The highest BCUT2D eigenvalue weighted by Gasteiger charge is 2.48. The van der Waals surface area contributed by atoms with E-state index in [-0.39, 0.29) is 12.4 Å². The first-order valence-corrected chi connectivity index (χ1v) is 4.05. The van der Waals surface area contributed by atoms with Crippen molar-refractivity contribution in [2.75, 3.05) is 6.54 Å². The standard InChI is InChI=1S/C8H15N.ClH/c9-4-3-8-2-1-7(5-8)6-8;/h7H,1-6,9H2;1H. The van der Waals surface area contributed by atoms with E-state index in [2.05, 4.69) is 0 Å². The third-order valence-electron chi connectivity index (χ3n) is 3.20. The van der Waals surface area contributed by atoms with E-state index in [1.807, 2.05) is 0 Å². The molecule has 0 saturated heterocycles. The molecule has 3 saturated carbocycles. The minimum Gasteiger partial charge on any atom is -0.330 e. The Morgan fingerprint density at radius 1 is 1.40 bits per heavy atom. The summed E-state index contributed by atoms with van der Waals surface area (Å²) >= 11 is 0. The van der Waals surface area contributed by atoms with Gasteiger partial charge >= 0.3 is 0 Å². The molecular formula is C8H16ClN. The molecular weight excluding hydrogens is 146 g/mol. The summed E-state index contributed by atoms with van der Waals surface area (Å²) in [5.41, 5.74) is 6.28. The van der Waals surface area contributed by atoms with Crippen LogP contribution in [0.3, 0.4) is 0 Å². The highest BCUT2D eigenvalue weighted by molar-refractivity contribution is 5.85. The summed E-state index contributed by atoms with van der Waals surface area (Å²) in [6, 6.07) is 0. The van der Waals surface area contributed by atoms with Gasteiger partial charge in [0, 0.05) is 0 Å². The number of nitrogens with two attached hydrogens (primary N) is 1. The van der Waals surface area contributed by atoms with Crippen molar-refractivity contribution in [2.45, 2.75) is 32.1 Å². The van der Waals surface area contributed by atoms with E-state index in [1.165, 1.54) is 32.1 Å². The van der Waals surface area contributed by atoms with Crippen molar-refractivity contribution in [3.63, 3.8) is 0 Å². The van der Waals surface area contributed by atoms with E-state index < -0.39 is 0 Å². The smallest absolute Gasteiger partial charge is 0.00720 e. The van der Waals surface area contributed by atoms with Gasteiger partial charge in [-0.1, -0.05) is 0 Å². The minimum atomic E-state index is 0. The van der Waals surface area contributed by atoms with Crippen LogP contribution < -0.4 is 5.73 Å². The number of hydrogen-bond acceptors (Lipinski definition) is 1. The maximum atomic E-state index is 5.52. The van der Waals surface area contributed by atoms with E-state index in [1.54, 1.807) is 0 Å². The SMILES string of the molecule is Cl.NCCC12CCC(C1)C2. The fraction of sp³-hybridized carbons (Fsp3) is 1.00. The van der Waals surface area contributed by atoms with Crippen molar-refractivity contribution in [2.24, 2.45) is 17.1 Å². The van der Waals surface area contributed by atoms with Gasteiger partial charge in [0.05, 0.1) is 0 Å². The average molecular weight is 162 g/mol. The van der Waals surface area contributed by atoms with Crippen LogP contribution >= 0.6 is 12.4 Å². The van der Waals surface area contributed by atoms with Gasteiger partial charge in [0.25, 0.3) is 0 Å². The molecule has 0 aromatic carbocycles. The molecule has 0 unspecified atom stereocenters. The molecule has 3 fully saturated rings. The first-order valence-electron chi connectivity index (χ1n) is 4.05. The van der Waals surface area contributed by atoms with Crippen LogP contribution in [0.1, 0.15) is 32.1 Å². The molecule has 0 spiro atoms. The summed E-state index contributed by atoms with van der Waals surface area (Å²) in [5.74, 6) is 1.11. The van der Waals surface area contributed by atoms with Crippen LogP contribution in [-0.2, 0) is 0 Å². The molecule has 3 rings (SSSR count). The van der Waals surface area contributed by atoms with Crippen LogP contribution in [0.4, 0.5) is 0 Å². The monoisotopic (exact) mass is 161 g/mol. The van der Waals surface area contributed by atoms with Crippen LogP contribution in [-0.4, -0.2) is 6.54 Å². The molecule has 0 aromatic rings. The van der Waals surface area contributed by atoms with Crippen molar-refractivity contribution >= 4 is 12.4 Å². The molecule has 2 heteroatoms. The molecule has 3 aliphatic rings. The second kappa shape index (κ2) is 2.71. The predicted octanol–water partition coefficient (Wildman–Crippen LogP) is 1.95. The van der Waals surface area contributed by atoms with Crippen molar-refractivity contribution in [3.05, 3.63) is 0 Å². The third kappa shape index (κ3) is 1.06. The molecule has 1 nitrogen and oxygen atoms in total.